The number of halogens is 2. The molecule has 1 fully saturated rings. The minimum atomic E-state index is -1.19. The molecule has 4 rings (SSSR count). The van der Waals surface area contributed by atoms with Crippen molar-refractivity contribution in [3.8, 4) is 17.2 Å². The Morgan fingerprint density at radius 2 is 1.78 bits per heavy atom. The average Bonchev–Trinajstić information content (AvgIpc) is 2.89. The van der Waals surface area contributed by atoms with Crippen LogP contribution in [0.5, 0.6) is 0 Å². The smallest absolute Gasteiger partial charge is 0.254 e. The second kappa shape index (κ2) is 11.4. The van der Waals surface area contributed by atoms with Crippen molar-refractivity contribution in [3.63, 3.8) is 0 Å². The van der Waals surface area contributed by atoms with Crippen molar-refractivity contribution >= 4 is 45.9 Å². The van der Waals surface area contributed by atoms with Crippen LogP contribution >= 0.6 is 23.2 Å². The Morgan fingerprint density at radius 3 is 2.42 bits per heavy atom. The summed E-state index contributed by atoms with van der Waals surface area (Å²) < 4.78 is 14.8. The number of aromatic nitrogens is 1. The molecule has 1 aliphatic rings. The van der Waals surface area contributed by atoms with Gasteiger partial charge in [0.05, 0.1) is 32.9 Å². The van der Waals surface area contributed by atoms with E-state index in [0.717, 1.165) is 16.7 Å². The summed E-state index contributed by atoms with van der Waals surface area (Å²) in [6.45, 7) is 2.37. The van der Waals surface area contributed by atoms with Crippen molar-refractivity contribution in [2.75, 3.05) is 45.2 Å². The highest BCUT2D eigenvalue weighted by molar-refractivity contribution is 7.81. The second-order valence-electron chi connectivity index (χ2n) is 8.57. The van der Waals surface area contributed by atoms with Crippen LogP contribution in [0.1, 0.15) is 21.5 Å². The zero-order valence-corrected chi connectivity index (χ0v) is 22.3. The van der Waals surface area contributed by atoms with Gasteiger partial charge in [0.2, 0.25) is 0 Å². The van der Waals surface area contributed by atoms with Crippen molar-refractivity contribution in [2.45, 2.75) is 5.75 Å². The number of pyridine rings is 1. The summed E-state index contributed by atoms with van der Waals surface area (Å²) >= 11 is 12.6. The highest BCUT2D eigenvalue weighted by Crippen LogP contribution is 2.29. The molecule has 3 aromatic rings. The molecule has 1 aliphatic heterocycles. The number of benzene rings is 2. The summed E-state index contributed by atoms with van der Waals surface area (Å²) in [5, 5.41) is 10.8. The molecule has 10 heteroatoms. The Labute approximate surface area is 223 Å². The number of nitriles is 1. The van der Waals surface area contributed by atoms with E-state index in [2.05, 4.69) is 11.1 Å². The molecule has 186 valence electrons. The third kappa shape index (κ3) is 5.71. The second-order valence-corrected chi connectivity index (χ2v) is 10.8. The van der Waals surface area contributed by atoms with E-state index in [4.69, 9.17) is 23.2 Å². The van der Waals surface area contributed by atoms with Crippen molar-refractivity contribution in [2.24, 2.45) is 0 Å². The molecule has 0 bridgehead atoms. The van der Waals surface area contributed by atoms with Crippen LogP contribution in [-0.4, -0.2) is 64.6 Å². The van der Waals surface area contributed by atoms with Crippen molar-refractivity contribution in [3.05, 3.63) is 81.5 Å². The maximum atomic E-state index is 12.9. The van der Waals surface area contributed by atoms with Crippen LogP contribution in [0.4, 0.5) is 5.82 Å². The minimum Gasteiger partial charge on any atom is -0.353 e. The number of piperazine rings is 1. The Kier molecular flexibility index (Phi) is 8.27. The Hall–Kier alpha value is -2.96. The van der Waals surface area contributed by atoms with Gasteiger partial charge in [0.25, 0.3) is 5.91 Å². The standard InChI is InChI=1S/C26H25Cl2N5O2S/c1-31(2)26(34)22-8-7-18(14-24(22)28)21-13-20(15-29)25(30-16-21)32-9-11-33(12-10-32)36(35)17-19-5-3-4-6-23(19)27/h3-8,13-14,16H,9-12,17H2,1-2H3. The fraction of sp³-hybridized carbons (Fsp3) is 0.269. The van der Waals surface area contributed by atoms with Gasteiger partial charge in [0, 0.05) is 57.1 Å². The zero-order valence-electron chi connectivity index (χ0n) is 19.9. The van der Waals surface area contributed by atoms with E-state index in [-0.39, 0.29) is 5.91 Å². The van der Waals surface area contributed by atoms with Crippen LogP contribution in [0.15, 0.2) is 54.7 Å². The Bertz CT molecular complexity index is 1350. The van der Waals surface area contributed by atoms with E-state index in [1.165, 1.54) is 4.90 Å². The summed E-state index contributed by atoms with van der Waals surface area (Å²) in [6, 6.07) is 16.7. The van der Waals surface area contributed by atoms with Gasteiger partial charge in [-0.15, -0.1) is 0 Å². The van der Waals surface area contributed by atoms with Gasteiger partial charge in [0.15, 0.2) is 0 Å². The maximum Gasteiger partial charge on any atom is 0.254 e. The molecule has 0 saturated carbocycles. The van der Waals surface area contributed by atoms with Gasteiger partial charge >= 0.3 is 0 Å². The fourth-order valence-corrected chi connectivity index (χ4v) is 5.82. The van der Waals surface area contributed by atoms with E-state index in [1.807, 2.05) is 27.4 Å². The first kappa shape index (κ1) is 26.1. The summed E-state index contributed by atoms with van der Waals surface area (Å²) in [4.78, 5) is 20.4. The van der Waals surface area contributed by atoms with Gasteiger partial charge in [-0.2, -0.15) is 5.26 Å². The van der Waals surface area contributed by atoms with E-state index in [0.29, 0.717) is 58.9 Å². The predicted octanol–water partition coefficient (Wildman–Crippen LogP) is 4.61. The van der Waals surface area contributed by atoms with Crippen LogP contribution in [0.3, 0.4) is 0 Å². The summed E-state index contributed by atoms with van der Waals surface area (Å²) in [5.74, 6) is 0.797. The first-order chi connectivity index (χ1) is 17.3. The number of anilines is 1. The lowest BCUT2D eigenvalue weighted by Crippen LogP contribution is -2.47. The van der Waals surface area contributed by atoms with Gasteiger partial charge in [-0.3, -0.25) is 4.79 Å². The topological polar surface area (TPSA) is 80.5 Å². The monoisotopic (exact) mass is 541 g/mol. The molecule has 2 aromatic carbocycles. The normalized spacial score (nSPS) is 14.8. The lowest BCUT2D eigenvalue weighted by molar-refractivity contribution is 0.0828. The molecule has 1 amide bonds. The fourth-order valence-electron chi connectivity index (χ4n) is 4.00. The summed E-state index contributed by atoms with van der Waals surface area (Å²) in [5.41, 5.74) is 3.23. The summed E-state index contributed by atoms with van der Waals surface area (Å²) in [7, 11) is 2.15. The quantitative estimate of drug-likeness (QED) is 0.455. The van der Waals surface area contributed by atoms with Crippen LogP contribution < -0.4 is 4.90 Å². The molecule has 1 saturated heterocycles. The van der Waals surface area contributed by atoms with Crippen molar-refractivity contribution in [1.82, 2.24) is 14.2 Å². The lowest BCUT2D eigenvalue weighted by atomic mass is 10.0. The molecule has 1 unspecified atom stereocenters. The van der Waals surface area contributed by atoms with Gasteiger partial charge in [-0.05, 0) is 35.4 Å². The molecular formula is C26H25Cl2N5O2S. The highest BCUT2D eigenvalue weighted by atomic mass is 35.5. The van der Waals surface area contributed by atoms with E-state index in [1.54, 1.807) is 50.6 Å². The number of nitrogens with zero attached hydrogens (tertiary/aromatic N) is 5. The molecule has 0 spiro atoms. The van der Waals surface area contributed by atoms with E-state index >= 15 is 0 Å². The molecule has 0 aliphatic carbocycles. The SMILES string of the molecule is CN(C)C(=O)c1ccc(-c2cnc(N3CCN(S(=O)Cc4ccccc4Cl)CC3)c(C#N)c2)cc1Cl. The molecule has 2 heterocycles. The predicted molar refractivity (Wildman–Crippen MR) is 144 cm³/mol. The number of carbonyl (C=O) groups is 1. The van der Waals surface area contributed by atoms with Crippen LogP contribution in [0, 0.1) is 11.3 Å². The highest BCUT2D eigenvalue weighted by Gasteiger charge is 2.24. The average molecular weight is 542 g/mol. The molecule has 1 atom stereocenters. The lowest BCUT2D eigenvalue weighted by Gasteiger charge is -2.34. The zero-order chi connectivity index (χ0) is 25.8. The molecule has 7 nitrogen and oxygen atoms in total. The molecular weight excluding hydrogens is 517 g/mol. The van der Waals surface area contributed by atoms with Crippen LogP contribution in [-0.2, 0) is 16.7 Å². The van der Waals surface area contributed by atoms with Crippen LogP contribution in [0.25, 0.3) is 11.1 Å². The third-order valence-electron chi connectivity index (χ3n) is 5.99. The van der Waals surface area contributed by atoms with Crippen molar-refractivity contribution < 1.29 is 9.00 Å². The van der Waals surface area contributed by atoms with E-state index < -0.39 is 11.0 Å². The Morgan fingerprint density at radius 1 is 1.06 bits per heavy atom. The number of carbonyl (C=O) groups excluding carboxylic acids is 1. The molecule has 36 heavy (non-hydrogen) atoms. The van der Waals surface area contributed by atoms with Crippen LogP contribution in [0.2, 0.25) is 10.0 Å². The number of rotatable bonds is 6. The van der Waals surface area contributed by atoms with Gasteiger partial charge < -0.3 is 9.80 Å². The molecule has 1 aromatic heterocycles. The summed E-state index contributed by atoms with van der Waals surface area (Å²) in [6.07, 6.45) is 1.71. The molecule has 0 N–H and O–H groups in total. The first-order valence-corrected chi connectivity index (χ1v) is 13.3. The largest absolute Gasteiger partial charge is 0.353 e. The third-order valence-corrected chi connectivity index (χ3v) is 8.17. The first-order valence-electron chi connectivity index (χ1n) is 11.3. The van der Waals surface area contributed by atoms with Gasteiger partial charge in [-0.25, -0.2) is 13.5 Å². The van der Waals surface area contributed by atoms with Gasteiger partial charge in [-0.1, -0.05) is 47.5 Å². The number of hydrogen-bond acceptors (Lipinski definition) is 5. The number of amides is 1. The maximum absolute atomic E-state index is 12.9. The Balaban J connectivity index is 1.46. The minimum absolute atomic E-state index is 0.176. The van der Waals surface area contributed by atoms with Crippen molar-refractivity contribution in [1.29, 1.82) is 5.26 Å². The van der Waals surface area contributed by atoms with E-state index in [9.17, 15) is 14.3 Å². The van der Waals surface area contributed by atoms with Gasteiger partial charge in [0.1, 0.15) is 11.9 Å². The number of hydrogen-bond donors (Lipinski definition) is 0. The molecule has 0 radical (unpaired) electrons.